The van der Waals surface area contributed by atoms with E-state index in [1.807, 2.05) is 79.1 Å². The van der Waals surface area contributed by atoms with Crippen molar-refractivity contribution in [1.82, 2.24) is 9.88 Å². The quantitative estimate of drug-likeness (QED) is 0.114. The van der Waals surface area contributed by atoms with Gasteiger partial charge in [-0.05, 0) is 44.2 Å². The molecule has 0 saturated carbocycles. The number of hydrogen-bond acceptors (Lipinski definition) is 4. The van der Waals surface area contributed by atoms with Crippen LogP contribution in [0, 0.1) is 0 Å². The van der Waals surface area contributed by atoms with E-state index in [2.05, 4.69) is 15.6 Å². The Morgan fingerprint density at radius 1 is 0.900 bits per heavy atom. The zero-order valence-electron chi connectivity index (χ0n) is 23.0. The summed E-state index contributed by atoms with van der Waals surface area (Å²) in [6.45, 7) is 4.85. The number of carboxylic acid groups (broad SMARTS) is 1. The van der Waals surface area contributed by atoms with Crippen LogP contribution in [0.1, 0.15) is 62.5 Å². The molecule has 0 bridgehead atoms. The van der Waals surface area contributed by atoms with E-state index in [-0.39, 0.29) is 43.1 Å². The number of hydrogen-bond donors (Lipinski definition) is 5. The van der Waals surface area contributed by atoms with Crippen LogP contribution < -0.4 is 22.1 Å². The number of carbonyl (C=O) groups is 3. The smallest absolute Gasteiger partial charge is 0.303 e. The highest BCUT2D eigenvalue weighted by Crippen LogP contribution is 2.44. The van der Waals surface area contributed by atoms with Crippen LogP contribution in [-0.4, -0.2) is 46.5 Å². The normalized spacial score (nSPS) is 10.8. The van der Waals surface area contributed by atoms with Crippen LogP contribution in [0.25, 0.3) is 22.4 Å². The molecule has 212 valence electrons. The molecule has 1 aromatic heterocycles. The van der Waals surface area contributed by atoms with Gasteiger partial charge in [-0.3, -0.25) is 19.4 Å². The van der Waals surface area contributed by atoms with Crippen molar-refractivity contribution < 1.29 is 19.5 Å². The maximum absolute atomic E-state index is 13.8. The first-order chi connectivity index (χ1) is 19.2. The van der Waals surface area contributed by atoms with E-state index in [1.165, 1.54) is 0 Å². The van der Waals surface area contributed by atoms with E-state index in [1.54, 1.807) is 0 Å². The second-order valence-electron chi connectivity index (χ2n) is 9.71. The molecule has 3 rings (SSSR count). The minimum Gasteiger partial charge on any atom is -0.481 e. The first-order valence-corrected chi connectivity index (χ1v) is 13.4. The van der Waals surface area contributed by atoms with Gasteiger partial charge in [-0.1, -0.05) is 60.7 Å². The summed E-state index contributed by atoms with van der Waals surface area (Å²) in [5.41, 5.74) is 14.8. The SMILES string of the molecule is CC(C)n1c(C(=O)NCCCCN=C(N)N)c(NC(=O)CCCC(=O)O)c(-c2ccccc2)c1-c1ccccc1. The monoisotopic (exact) mass is 546 g/mol. The molecular formula is C30H38N6O4. The van der Waals surface area contributed by atoms with Crippen LogP contribution in [0.2, 0.25) is 0 Å². The lowest BCUT2D eigenvalue weighted by Crippen LogP contribution is -2.29. The molecule has 0 aliphatic carbocycles. The Labute approximate surface area is 234 Å². The molecule has 2 amide bonds. The minimum absolute atomic E-state index is 0.0138. The molecule has 0 fully saturated rings. The topological polar surface area (TPSA) is 165 Å². The lowest BCUT2D eigenvalue weighted by molar-refractivity contribution is -0.137. The summed E-state index contributed by atoms with van der Waals surface area (Å²) in [5, 5.41) is 15.0. The third-order valence-electron chi connectivity index (χ3n) is 6.27. The number of amides is 2. The highest BCUT2D eigenvalue weighted by atomic mass is 16.4. The average molecular weight is 547 g/mol. The Kier molecular flexibility index (Phi) is 10.9. The van der Waals surface area contributed by atoms with Crippen molar-refractivity contribution in [3.05, 3.63) is 66.4 Å². The van der Waals surface area contributed by atoms with Gasteiger partial charge in [0.25, 0.3) is 5.91 Å². The fraction of sp³-hybridized carbons (Fsp3) is 0.333. The molecular weight excluding hydrogens is 508 g/mol. The van der Waals surface area contributed by atoms with Gasteiger partial charge in [0.1, 0.15) is 5.69 Å². The standard InChI is InChI=1S/C30H38N6O4/c1-20(2)36-27(22-14-7-4-8-15-22)25(21-12-5-3-6-13-21)26(35-23(37)16-11-17-24(38)39)28(36)29(40)33-18-9-10-19-34-30(31)32/h3-8,12-15,20H,9-11,16-19H2,1-2H3,(H,33,40)(H,35,37)(H,38,39)(H4,31,32,34). The largest absolute Gasteiger partial charge is 0.481 e. The first-order valence-electron chi connectivity index (χ1n) is 13.4. The van der Waals surface area contributed by atoms with Crippen molar-refractivity contribution in [3.63, 3.8) is 0 Å². The molecule has 10 heteroatoms. The molecule has 7 N–H and O–H groups in total. The van der Waals surface area contributed by atoms with Gasteiger partial charge in [0.15, 0.2) is 5.96 Å². The molecule has 3 aromatic rings. The highest BCUT2D eigenvalue weighted by molar-refractivity contribution is 6.11. The third kappa shape index (κ3) is 7.95. The summed E-state index contributed by atoms with van der Waals surface area (Å²) in [7, 11) is 0. The number of rotatable bonds is 14. The number of aromatic nitrogens is 1. The summed E-state index contributed by atoms with van der Waals surface area (Å²) in [6, 6.07) is 19.2. The fourth-order valence-electron chi connectivity index (χ4n) is 4.55. The van der Waals surface area contributed by atoms with Crippen LogP contribution in [-0.2, 0) is 9.59 Å². The number of carboxylic acids is 1. The van der Waals surface area contributed by atoms with E-state index in [0.717, 1.165) is 22.4 Å². The van der Waals surface area contributed by atoms with Crippen LogP contribution in [0.5, 0.6) is 0 Å². The second-order valence-corrected chi connectivity index (χ2v) is 9.71. The Balaban J connectivity index is 2.12. The van der Waals surface area contributed by atoms with Crippen molar-refractivity contribution in [1.29, 1.82) is 0 Å². The molecule has 0 saturated heterocycles. The number of benzene rings is 2. The van der Waals surface area contributed by atoms with Crippen LogP contribution in [0.4, 0.5) is 5.69 Å². The van der Waals surface area contributed by atoms with E-state index in [0.29, 0.717) is 37.3 Å². The second kappa shape index (κ2) is 14.5. The number of carbonyl (C=O) groups excluding carboxylic acids is 2. The van der Waals surface area contributed by atoms with E-state index in [9.17, 15) is 14.4 Å². The number of nitrogens with zero attached hydrogens (tertiary/aromatic N) is 2. The Bertz CT molecular complexity index is 1330. The molecule has 0 spiro atoms. The van der Waals surface area contributed by atoms with Crippen LogP contribution >= 0.6 is 0 Å². The molecule has 0 atom stereocenters. The Hall–Kier alpha value is -4.60. The van der Waals surface area contributed by atoms with Crippen molar-refractivity contribution in [2.24, 2.45) is 16.5 Å². The number of aliphatic imine (C=N–C) groups is 1. The summed E-state index contributed by atoms with van der Waals surface area (Å²) in [5.74, 6) is -1.61. The molecule has 40 heavy (non-hydrogen) atoms. The van der Waals surface area contributed by atoms with Gasteiger partial charge in [0.2, 0.25) is 5.91 Å². The molecule has 0 aliphatic heterocycles. The Morgan fingerprint density at radius 3 is 2.10 bits per heavy atom. The maximum atomic E-state index is 13.8. The number of nitrogens with two attached hydrogens (primary N) is 2. The number of anilines is 1. The molecule has 0 unspecified atom stereocenters. The van der Waals surface area contributed by atoms with Crippen molar-refractivity contribution in [2.45, 2.75) is 52.0 Å². The maximum Gasteiger partial charge on any atom is 0.303 e. The molecule has 1 heterocycles. The zero-order valence-corrected chi connectivity index (χ0v) is 23.0. The van der Waals surface area contributed by atoms with Crippen molar-refractivity contribution in [3.8, 4) is 22.4 Å². The summed E-state index contributed by atoms with van der Waals surface area (Å²) in [6.07, 6.45) is 1.45. The van der Waals surface area contributed by atoms with Crippen LogP contribution in [0.3, 0.4) is 0 Å². The molecule has 10 nitrogen and oxygen atoms in total. The van der Waals surface area contributed by atoms with E-state index in [4.69, 9.17) is 16.6 Å². The van der Waals surface area contributed by atoms with Gasteiger partial charge < -0.3 is 31.8 Å². The predicted molar refractivity (Wildman–Crippen MR) is 158 cm³/mol. The third-order valence-corrected chi connectivity index (χ3v) is 6.27. The van der Waals surface area contributed by atoms with E-state index >= 15 is 0 Å². The number of unbranched alkanes of at least 4 members (excludes halogenated alkanes) is 1. The van der Waals surface area contributed by atoms with Gasteiger partial charge >= 0.3 is 5.97 Å². The lowest BCUT2D eigenvalue weighted by Gasteiger charge is -2.18. The van der Waals surface area contributed by atoms with Gasteiger partial charge in [0.05, 0.1) is 11.4 Å². The molecule has 0 radical (unpaired) electrons. The summed E-state index contributed by atoms with van der Waals surface area (Å²) in [4.78, 5) is 41.9. The van der Waals surface area contributed by atoms with Gasteiger partial charge in [-0.25, -0.2) is 0 Å². The lowest BCUT2D eigenvalue weighted by atomic mass is 9.99. The fourth-order valence-corrected chi connectivity index (χ4v) is 4.55. The number of guanidine groups is 1. The van der Waals surface area contributed by atoms with Crippen LogP contribution in [0.15, 0.2) is 65.7 Å². The Morgan fingerprint density at radius 2 is 1.52 bits per heavy atom. The molecule has 0 aliphatic rings. The first kappa shape index (κ1) is 29.9. The van der Waals surface area contributed by atoms with Crippen molar-refractivity contribution in [2.75, 3.05) is 18.4 Å². The minimum atomic E-state index is -0.963. The number of nitrogens with one attached hydrogen (secondary N) is 2. The summed E-state index contributed by atoms with van der Waals surface area (Å²) < 4.78 is 1.96. The van der Waals surface area contributed by atoms with Gasteiger partial charge in [-0.15, -0.1) is 0 Å². The highest BCUT2D eigenvalue weighted by Gasteiger charge is 2.30. The summed E-state index contributed by atoms with van der Waals surface area (Å²) >= 11 is 0. The predicted octanol–water partition coefficient (Wildman–Crippen LogP) is 4.38. The molecule has 2 aromatic carbocycles. The van der Waals surface area contributed by atoms with E-state index < -0.39 is 5.97 Å². The van der Waals surface area contributed by atoms with Gasteiger partial charge in [0, 0.05) is 37.5 Å². The average Bonchev–Trinajstić information content (AvgIpc) is 3.26. The van der Waals surface area contributed by atoms with Crippen molar-refractivity contribution >= 4 is 29.4 Å². The van der Waals surface area contributed by atoms with Gasteiger partial charge in [-0.2, -0.15) is 0 Å². The number of aliphatic carboxylic acids is 1. The zero-order chi connectivity index (χ0) is 29.1.